The van der Waals surface area contributed by atoms with Gasteiger partial charge < -0.3 is 10.6 Å². The van der Waals surface area contributed by atoms with E-state index in [-0.39, 0.29) is 5.54 Å². The summed E-state index contributed by atoms with van der Waals surface area (Å²) >= 11 is 6.18. The molecule has 0 bridgehead atoms. The molecule has 22 heavy (non-hydrogen) atoms. The molecule has 0 fully saturated rings. The zero-order valence-corrected chi connectivity index (χ0v) is 14.3. The quantitative estimate of drug-likeness (QED) is 0.782. The molecule has 0 aliphatic carbocycles. The Labute approximate surface area is 138 Å². The van der Waals surface area contributed by atoms with Crippen LogP contribution in [0.2, 0.25) is 5.02 Å². The molecule has 0 aliphatic heterocycles. The first-order valence-electron chi connectivity index (χ1n) is 7.75. The summed E-state index contributed by atoms with van der Waals surface area (Å²) in [6, 6.07) is 18.8. The fraction of sp³-hybridized carbons (Fsp3) is 0.368. The van der Waals surface area contributed by atoms with Crippen LogP contribution in [0.3, 0.4) is 0 Å². The van der Waals surface area contributed by atoms with Gasteiger partial charge in [0.05, 0.1) is 0 Å². The fourth-order valence-corrected chi connectivity index (χ4v) is 2.82. The van der Waals surface area contributed by atoms with E-state index < -0.39 is 0 Å². The summed E-state index contributed by atoms with van der Waals surface area (Å²) < 4.78 is 0. The Morgan fingerprint density at radius 3 is 2.32 bits per heavy atom. The van der Waals surface area contributed by atoms with Gasteiger partial charge in [-0.25, -0.2) is 0 Å². The monoisotopic (exact) mass is 316 g/mol. The maximum atomic E-state index is 6.18. The molecule has 118 valence electrons. The Hall–Kier alpha value is -1.35. The minimum Gasteiger partial charge on any atom is -0.311 e. The first-order valence-corrected chi connectivity index (χ1v) is 8.12. The van der Waals surface area contributed by atoms with Crippen molar-refractivity contribution in [1.82, 2.24) is 10.6 Å². The summed E-state index contributed by atoms with van der Waals surface area (Å²) in [6.07, 6.45) is 0. The maximum Gasteiger partial charge on any atom is 0.0450 e. The zero-order valence-electron chi connectivity index (χ0n) is 13.6. The Morgan fingerprint density at radius 1 is 1.00 bits per heavy atom. The first kappa shape index (κ1) is 17.0. The molecular weight excluding hydrogens is 292 g/mol. The number of nitrogens with one attached hydrogen (secondary N) is 2. The second-order valence-electron chi connectivity index (χ2n) is 6.36. The highest BCUT2D eigenvalue weighted by molar-refractivity contribution is 6.31. The summed E-state index contributed by atoms with van der Waals surface area (Å²) in [4.78, 5) is 0. The average Bonchev–Trinajstić information content (AvgIpc) is 2.49. The summed E-state index contributed by atoms with van der Waals surface area (Å²) in [5, 5.41) is 7.99. The lowest BCUT2D eigenvalue weighted by Gasteiger charge is -2.31. The lowest BCUT2D eigenvalue weighted by molar-refractivity contribution is 0.330. The van der Waals surface area contributed by atoms with Crippen LogP contribution in [0.4, 0.5) is 0 Å². The third-order valence-electron chi connectivity index (χ3n) is 3.75. The molecule has 0 aromatic heterocycles. The van der Waals surface area contributed by atoms with Crippen LogP contribution in [0.15, 0.2) is 54.6 Å². The predicted octanol–water partition coefficient (Wildman–Crippen LogP) is 4.56. The smallest absolute Gasteiger partial charge is 0.0450 e. The van der Waals surface area contributed by atoms with Crippen LogP contribution in [-0.4, -0.2) is 12.1 Å². The van der Waals surface area contributed by atoms with Crippen molar-refractivity contribution in [3.8, 4) is 0 Å². The molecule has 1 atom stereocenters. The molecule has 2 rings (SSSR count). The standard InChI is InChI=1S/C19H25ClN2/c1-15(16-9-5-4-6-10-16)22-19(2,3)14-21-13-17-11-7-8-12-18(17)20/h4-12,15,21-22H,13-14H2,1-3H3. The molecule has 0 aliphatic rings. The molecule has 0 spiro atoms. The SMILES string of the molecule is CC(NC(C)(C)CNCc1ccccc1Cl)c1ccccc1. The Bertz CT molecular complexity index is 581. The molecule has 2 nitrogen and oxygen atoms in total. The predicted molar refractivity (Wildman–Crippen MR) is 95.2 cm³/mol. The van der Waals surface area contributed by atoms with E-state index in [1.165, 1.54) is 5.56 Å². The summed E-state index contributed by atoms with van der Waals surface area (Å²) in [5.41, 5.74) is 2.44. The van der Waals surface area contributed by atoms with E-state index in [0.29, 0.717) is 6.04 Å². The fourth-order valence-electron chi connectivity index (χ4n) is 2.61. The normalized spacial score (nSPS) is 13.1. The number of hydrogen-bond acceptors (Lipinski definition) is 2. The van der Waals surface area contributed by atoms with E-state index in [1.807, 2.05) is 24.3 Å². The average molecular weight is 317 g/mol. The van der Waals surface area contributed by atoms with Gasteiger partial charge in [0.25, 0.3) is 0 Å². The van der Waals surface area contributed by atoms with Crippen molar-refractivity contribution in [2.75, 3.05) is 6.54 Å². The molecule has 2 N–H and O–H groups in total. The zero-order chi connectivity index (χ0) is 16.0. The second kappa shape index (κ2) is 7.77. The van der Waals surface area contributed by atoms with Crippen molar-refractivity contribution in [2.24, 2.45) is 0 Å². The maximum absolute atomic E-state index is 6.18. The van der Waals surface area contributed by atoms with E-state index in [9.17, 15) is 0 Å². The van der Waals surface area contributed by atoms with Crippen molar-refractivity contribution in [2.45, 2.75) is 38.9 Å². The van der Waals surface area contributed by atoms with Gasteiger partial charge in [-0.05, 0) is 38.0 Å². The van der Waals surface area contributed by atoms with E-state index >= 15 is 0 Å². The largest absolute Gasteiger partial charge is 0.311 e. The van der Waals surface area contributed by atoms with Crippen LogP contribution in [0.1, 0.15) is 37.9 Å². The van der Waals surface area contributed by atoms with Gasteiger partial charge in [0.15, 0.2) is 0 Å². The van der Waals surface area contributed by atoms with Crippen molar-refractivity contribution in [3.63, 3.8) is 0 Å². The van der Waals surface area contributed by atoms with Gasteiger partial charge >= 0.3 is 0 Å². The van der Waals surface area contributed by atoms with Gasteiger partial charge in [0.1, 0.15) is 0 Å². The molecular formula is C19H25ClN2. The Morgan fingerprint density at radius 2 is 1.64 bits per heavy atom. The van der Waals surface area contributed by atoms with Gasteiger partial charge in [-0.2, -0.15) is 0 Å². The lowest BCUT2D eigenvalue weighted by Crippen LogP contribution is -2.48. The molecule has 2 aromatic carbocycles. The van der Waals surface area contributed by atoms with E-state index in [4.69, 9.17) is 11.6 Å². The van der Waals surface area contributed by atoms with Gasteiger partial charge in [0, 0.05) is 29.7 Å². The second-order valence-corrected chi connectivity index (χ2v) is 6.76. The summed E-state index contributed by atoms with van der Waals surface area (Å²) in [6.45, 7) is 8.28. The molecule has 0 radical (unpaired) electrons. The number of benzene rings is 2. The molecule has 0 heterocycles. The van der Waals surface area contributed by atoms with Gasteiger partial charge in [-0.15, -0.1) is 0 Å². The van der Waals surface area contributed by atoms with E-state index in [2.05, 4.69) is 61.7 Å². The third-order valence-corrected chi connectivity index (χ3v) is 4.12. The molecule has 3 heteroatoms. The van der Waals surface area contributed by atoms with Crippen LogP contribution in [0, 0.1) is 0 Å². The molecule has 0 amide bonds. The molecule has 1 unspecified atom stereocenters. The van der Waals surface area contributed by atoms with Crippen LogP contribution in [0.25, 0.3) is 0 Å². The highest BCUT2D eigenvalue weighted by atomic mass is 35.5. The van der Waals surface area contributed by atoms with Crippen LogP contribution >= 0.6 is 11.6 Å². The van der Waals surface area contributed by atoms with Crippen molar-refractivity contribution >= 4 is 11.6 Å². The van der Waals surface area contributed by atoms with Crippen LogP contribution in [0.5, 0.6) is 0 Å². The Balaban J connectivity index is 1.85. The van der Waals surface area contributed by atoms with Gasteiger partial charge in [0.2, 0.25) is 0 Å². The number of rotatable bonds is 7. The minimum atomic E-state index is -0.00346. The third kappa shape index (κ3) is 5.13. The van der Waals surface area contributed by atoms with Gasteiger partial charge in [-0.3, -0.25) is 0 Å². The minimum absolute atomic E-state index is 0.00346. The molecule has 0 saturated heterocycles. The summed E-state index contributed by atoms with van der Waals surface area (Å²) in [5.74, 6) is 0. The number of halogens is 1. The van der Waals surface area contributed by atoms with Crippen molar-refractivity contribution < 1.29 is 0 Å². The molecule has 2 aromatic rings. The summed E-state index contributed by atoms with van der Waals surface area (Å²) in [7, 11) is 0. The Kier molecular flexibility index (Phi) is 6.01. The van der Waals surface area contributed by atoms with E-state index in [1.54, 1.807) is 0 Å². The highest BCUT2D eigenvalue weighted by Gasteiger charge is 2.20. The number of hydrogen-bond donors (Lipinski definition) is 2. The highest BCUT2D eigenvalue weighted by Crippen LogP contribution is 2.17. The topological polar surface area (TPSA) is 24.1 Å². The van der Waals surface area contributed by atoms with Crippen LogP contribution < -0.4 is 10.6 Å². The first-order chi connectivity index (χ1) is 10.5. The van der Waals surface area contributed by atoms with E-state index in [0.717, 1.165) is 23.7 Å². The van der Waals surface area contributed by atoms with Gasteiger partial charge in [-0.1, -0.05) is 60.1 Å². The van der Waals surface area contributed by atoms with Crippen LogP contribution in [-0.2, 0) is 6.54 Å². The van der Waals surface area contributed by atoms with Crippen molar-refractivity contribution in [1.29, 1.82) is 0 Å². The lowest BCUT2D eigenvalue weighted by atomic mass is 10.0. The molecule has 0 saturated carbocycles. The van der Waals surface area contributed by atoms with Crippen molar-refractivity contribution in [3.05, 3.63) is 70.7 Å².